The van der Waals surface area contributed by atoms with Crippen LogP contribution in [0, 0.1) is 0 Å². The summed E-state index contributed by atoms with van der Waals surface area (Å²) in [5.41, 5.74) is 3.56. The summed E-state index contributed by atoms with van der Waals surface area (Å²) in [6.07, 6.45) is 0. The largest absolute Gasteiger partial charge is 0.370 e. The van der Waals surface area contributed by atoms with Crippen LogP contribution in [0.3, 0.4) is 0 Å². The maximum atomic E-state index is 7.70. The summed E-state index contributed by atoms with van der Waals surface area (Å²) in [6.45, 7) is 0. The summed E-state index contributed by atoms with van der Waals surface area (Å²) < 4.78 is 0. The van der Waals surface area contributed by atoms with E-state index >= 15 is 0 Å². The Kier molecular flexibility index (Phi) is 8.80. The molecule has 0 saturated heterocycles. The second-order valence-electron chi connectivity index (χ2n) is 0.414. The molecule has 0 rings (SSSR count). The molecule has 0 fully saturated rings. The molecule has 1 unspecified atom stereocenters. The van der Waals surface area contributed by atoms with E-state index in [0.29, 0.717) is 0 Å². The van der Waals surface area contributed by atoms with Crippen LogP contribution in [-0.4, -0.2) is 10.7 Å². The van der Waals surface area contributed by atoms with Crippen LogP contribution in [0.2, 0.25) is 0 Å². The number of rotatable bonds is 0. The van der Waals surface area contributed by atoms with Gasteiger partial charge in [0.25, 0.3) is 0 Å². The minimum Gasteiger partial charge on any atom is -0.370 e. The van der Waals surface area contributed by atoms with Crippen LogP contribution in [0.5, 0.6) is 0 Å². The Balaban J connectivity index is 0. The third-order valence-electron chi connectivity index (χ3n) is 0. The molecule has 0 spiro atoms. The second kappa shape index (κ2) is 4.76. The fraction of sp³-hybridized carbons (Fsp3) is 1.00. The zero-order valence-corrected chi connectivity index (χ0v) is 4.25. The minimum absolute atomic E-state index is 0. The molecule has 0 saturated carbocycles. The summed E-state index contributed by atoms with van der Waals surface area (Å²) in [7, 11) is 0. The zero-order valence-electron chi connectivity index (χ0n) is 2.37. The van der Waals surface area contributed by atoms with Crippen LogP contribution < -0.4 is 5.73 Å². The van der Waals surface area contributed by atoms with Crippen molar-refractivity contribution in [3.05, 3.63) is 0 Å². The SMILES string of the molecule is NC(O)S.[Ni]. The van der Waals surface area contributed by atoms with Gasteiger partial charge >= 0.3 is 0 Å². The third kappa shape index (κ3) is 62.4. The number of aliphatic hydroxyl groups is 1. The van der Waals surface area contributed by atoms with Crippen molar-refractivity contribution in [3.8, 4) is 0 Å². The molecule has 0 aliphatic carbocycles. The first kappa shape index (κ1) is 9.23. The van der Waals surface area contributed by atoms with E-state index in [4.69, 9.17) is 5.11 Å². The average molecular weight is 138 g/mol. The van der Waals surface area contributed by atoms with Gasteiger partial charge in [-0.1, -0.05) is 0 Å². The van der Waals surface area contributed by atoms with Gasteiger partial charge in [-0.25, -0.2) is 0 Å². The van der Waals surface area contributed by atoms with Gasteiger partial charge in [0.2, 0.25) is 0 Å². The first-order chi connectivity index (χ1) is 1.73. The van der Waals surface area contributed by atoms with E-state index in [1.807, 2.05) is 0 Å². The summed E-state index contributed by atoms with van der Waals surface area (Å²) in [4.78, 5) is 0. The molecule has 36 valence electrons. The Morgan fingerprint density at radius 2 is 1.80 bits per heavy atom. The predicted molar refractivity (Wildman–Crippen MR) is 19.2 cm³/mol. The molecule has 2 nitrogen and oxygen atoms in total. The van der Waals surface area contributed by atoms with Crippen LogP contribution in [0.25, 0.3) is 0 Å². The van der Waals surface area contributed by atoms with Crippen molar-refractivity contribution in [2.45, 2.75) is 5.56 Å². The summed E-state index contributed by atoms with van der Waals surface area (Å²) >= 11 is 3.30. The molecule has 0 aliphatic heterocycles. The Hall–Kier alpha value is 0.764. The van der Waals surface area contributed by atoms with E-state index in [2.05, 4.69) is 18.4 Å². The molecule has 4 heteroatoms. The second-order valence-corrected chi connectivity index (χ2v) is 0.943. The van der Waals surface area contributed by atoms with Gasteiger partial charge in [-0.3, -0.25) is 5.73 Å². The van der Waals surface area contributed by atoms with Crippen LogP contribution in [0.1, 0.15) is 0 Å². The van der Waals surface area contributed by atoms with Crippen molar-refractivity contribution in [2.24, 2.45) is 5.73 Å². The first-order valence-corrected chi connectivity index (χ1v) is 1.37. The van der Waals surface area contributed by atoms with Gasteiger partial charge in [0, 0.05) is 16.5 Å². The fourth-order valence-electron chi connectivity index (χ4n) is 0. The predicted octanol–water partition coefficient (Wildman–Crippen LogP) is -0.852. The van der Waals surface area contributed by atoms with Gasteiger partial charge in [0.05, 0.1) is 0 Å². The standard InChI is InChI=1S/CH5NOS.Ni/c2-1(3)4;/h1,3-4H,2H2;. The number of thiol groups is 1. The summed E-state index contributed by atoms with van der Waals surface area (Å²) in [6, 6.07) is 0. The minimum atomic E-state index is -0.972. The normalized spacial score (nSPS) is 12.6. The van der Waals surface area contributed by atoms with E-state index < -0.39 is 5.56 Å². The number of hydrogen-bond donors (Lipinski definition) is 3. The number of nitrogens with two attached hydrogens (primary N) is 1. The molecule has 1 atom stereocenters. The molecule has 0 amide bonds. The van der Waals surface area contributed by atoms with Crippen molar-refractivity contribution >= 4 is 12.6 Å². The van der Waals surface area contributed by atoms with Gasteiger partial charge in [0.15, 0.2) is 0 Å². The van der Waals surface area contributed by atoms with Gasteiger partial charge in [-0.15, -0.1) is 12.6 Å². The van der Waals surface area contributed by atoms with Crippen molar-refractivity contribution in [2.75, 3.05) is 0 Å². The molecule has 3 N–H and O–H groups in total. The van der Waals surface area contributed by atoms with Gasteiger partial charge in [0.1, 0.15) is 5.56 Å². The fourth-order valence-corrected chi connectivity index (χ4v) is 0. The van der Waals surface area contributed by atoms with Crippen molar-refractivity contribution in [1.29, 1.82) is 0 Å². The summed E-state index contributed by atoms with van der Waals surface area (Å²) in [5, 5.41) is 7.70. The molecule has 5 heavy (non-hydrogen) atoms. The molecule has 0 aromatic rings. The maximum Gasteiger partial charge on any atom is 0.147 e. The van der Waals surface area contributed by atoms with Gasteiger partial charge in [-0.05, 0) is 0 Å². The van der Waals surface area contributed by atoms with Crippen molar-refractivity contribution < 1.29 is 21.6 Å². The summed E-state index contributed by atoms with van der Waals surface area (Å²) in [5.74, 6) is 0. The Morgan fingerprint density at radius 1 is 1.80 bits per heavy atom. The molecular formula is CH5NNiOS. The molecule has 0 bridgehead atoms. The maximum absolute atomic E-state index is 7.70. The molecule has 0 aliphatic rings. The quantitative estimate of drug-likeness (QED) is 0.232. The van der Waals surface area contributed by atoms with Crippen molar-refractivity contribution in [3.63, 3.8) is 0 Å². The van der Waals surface area contributed by atoms with Gasteiger partial charge < -0.3 is 5.11 Å². The Bertz CT molecular complexity index is 16.4. The number of aliphatic hydroxyl groups excluding tert-OH is 1. The van der Waals surface area contributed by atoms with Gasteiger partial charge in [-0.2, -0.15) is 0 Å². The van der Waals surface area contributed by atoms with Crippen LogP contribution in [0.15, 0.2) is 0 Å². The molecular weight excluding hydrogens is 133 g/mol. The monoisotopic (exact) mass is 137 g/mol. The molecule has 0 heterocycles. The van der Waals surface area contributed by atoms with Crippen LogP contribution >= 0.6 is 12.6 Å². The molecule has 0 aromatic carbocycles. The number of hydrogen-bond acceptors (Lipinski definition) is 3. The van der Waals surface area contributed by atoms with E-state index in [1.54, 1.807) is 0 Å². The van der Waals surface area contributed by atoms with Crippen LogP contribution in [0.4, 0.5) is 0 Å². The third-order valence-corrected chi connectivity index (χ3v) is 0. The van der Waals surface area contributed by atoms with Crippen LogP contribution in [-0.2, 0) is 16.5 Å². The molecule has 0 radical (unpaired) electrons. The molecule has 0 aromatic heterocycles. The van der Waals surface area contributed by atoms with E-state index in [9.17, 15) is 0 Å². The van der Waals surface area contributed by atoms with Crippen molar-refractivity contribution in [1.82, 2.24) is 0 Å². The van der Waals surface area contributed by atoms with E-state index in [0.717, 1.165) is 0 Å². The van der Waals surface area contributed by atoms with E-state index in [-0.39, 0.29) is 16.5 Å². The Morgan fingerprint density at radius 3 is 1.80 bits per heavy atom. The topological polar surface area (TPSA) is 46.2 Å². The smallest absolute Gasteiger partial charge is 0.147 e. The average Bonchev–Trinajstić information content (AvgIpc) is 0.811. The van der Waals surface area contributed by atoms with E-state index in [1.165, 1.54) is 0 Å². The Labute approximate surface area is 46.1 Å². The zero-order chi connectivity index (χ0) is 3.58. The first-order valence-electron chi connectivity index (χ1n) is 0.850.